The molecule has 0 bridgehead atoms. The first kappa shape index (κ1) is 21.8. The monoisotopic (exact) mass is 395 g/mol. The van der Waals surface area contributed by atoms with Crippen LogP contribution in [0, 0.1) is 11.3 Å². The van der Waals surface area contributed by atoms with Crippen LogP contribution in [0.4, 0.5) is 4.79 Å². The van der Waals surface area contributed by atoms with E-state index in [1.807, 2.05) is 32.9 Å². The highest BCUT2D eigenvalue weighted by atomic mass is 16.6. The van der Waals surface area contributed by atoms with Gasteiger partial charge in [-0.05, 0) is 64.4 Å². The van der Waals surface area contributed by atoms with Crippen molar-refractivity contribution in [2.75, 3.05) is 0 Å². The van der Waals surface area contributed by atoms with Crippen molar-refractivity contribution in [3.05, 3.63) is 53.6 Å². The zero-order chi connectivity index (χ0) is 21.4. The summed E-state index contributed by atoms with van der Waals surface area (Å²) in [5.41, 5.74) is 1.47. The highest BCUT2D eigenvalue weighted by molar-refractivity contribution is 5.78. The molecule has 0 aliphatic rings. The summed E-state index contributed by atoms with van der Waals surface area (Å²) in [5, 5.41) is 15.8. The number of nitrogens with zero attached hydrogens (tertiary/aromatic N) is 2. The Bertz CT molecular complexity index is 919. The second-order valence-corrected chi connectivity index (χ2v) is 7.50. The molecule has 0 spiro atoms. The quantitative estimate of drug-likeness (QED) is 0.539. The highest BCUT2D eigenvalue weighted by Crippen LogP contribution is 2.28. The number of rotatable bonds is 6. The smallest absolute Gasteiger partial charge is 0.407 e. The zero-order valence-electron chi connectivity index (χ0n) is 17.3. The van der Waals surface area contributed by atoms with Gasteiger partial charge in [0.05, 0.1) is 11.3 Å². The van der Waals surface area contributed by atoms with Crippen LogP contribution in [-0.2, 0) is 11.3 Å². The van der Waals surface area contributed by atoms with Gasteiger partial charge in [-0.25, -0.2) is 4.79 Å². The second kappa shape index (κ2) is 9.60. The van der Waals surface area contributed by atoms with Gasteiger partial charge in [-0.15, -0.1) is 0 Å². The van der Waals surface area contributed by atoms with Gasteiger partial charge in [-0.2, -0.15) is 5.26 Å². The molecule has 0 radical (unpaired) electrons. The van der Waals surface area contributed by atoms with Crippen molar-refractivity contribution >= 4 is 11.8 Å². The number of hydrogen-bond acceptors (Lipinski definition) is 6. The molecular formula is C22H25N3O4. The fraction of sp³-hybridized carbons (Fsp3) is 0.318. The fourth-order valence-corrected chi connectivity index (χ4v) is 2.17. The molecule has 1 N–H and O–H groups in total. The number of oxime groups is 1. The summed E-state index contributed by atoms with van der Waals surface area (Å²) in [6.07, 6.45) is -0.465. The minimum Gasteiger partial charge on any atom is -0.457 e. The van der Waals surface area contributed by atoms with Gasteiger partial charge in [0.1, 0.15) is 23.2 Å². The Balaban J connectivity index is 2.00. The van der Waals surface area contributed by atoms with Gasteiger partial charge in [-0.1, -0.05) is 17.3 Å². The summed E-state index contributed by atoms with van der Waals surface area (Å²) in [7, 11) is 0. The lowest BCUT2D eigenvalue weighted by molar-refractivity contribution is 0.0523. The van der Waals surface area contributed by atoms with E-state index >= 15 is 0 Å². The summed E-state index contributed by atoms with van der Waals surface area (Å²) < 4.78 is 11.0. The number of benzene rings is 2. The molecule has 0 saturated carbocycles. The number of amides is 1. The van der Waals surface area contributed by atoms with Crippen LogP contribution in [0.3, 0.4) is 0 Å². The van der Waals surface area contributed by atoms with E-state index in [0.717, 1.165) is 11.3 Å². The van der Waals surface area contributed by atoms with Crippen LogP contribution in [0.5, 0.6) is 17.2 Å². The van der Waals surface area contributed by atoms with Crippen LogP contribution in [-0.4, -0.2) is 17.4 Å². The third kappa shape index (κ3) is 7.54. The molecule has 1 amide bonds. The van der Waals surface area contributed by atoms with Crippen molar-refractivity contribution in [1.82, 2.24) is 5.32 Å². The van der Waals surface area contributed by atoms with Crippen LogP contribution in [0.1, 0.15) is 45.7 Å². The lowest BCUT2D eigenvalue weighted by Crippen LogP contribution is -2.32. The summed E-state index contributed by atoms with van der Waals surface area (Å²) in [5.74, 6) is 1.45. The Morgan fingerprint density at radius 2 is 1.76 bits per heavy atom. The zero-order valence-corrected chi connectivity index (χ0v) is 17.3. The predicted molar refractivity (Wildman–Crippen MR) is 110 cm³/mol. The Hall–Kier alpha value is -3.53. The first-order chi connectivity index (χ1) is 13.7. The second-order valence-electron chi connectivity index (χ2n) is 7.50. The van der Waals surface area contributed by atoms with E-state index in [1.54, 1.807) is 44.2 Å². The summed E-state index contributed by atoms with van der Waals surface area (Å²) in [6, 6.07) is 14.2. The molecule has 152 valence electrons. The van der Waals surface area contributed by atoms with Gasteiger partial charge < -0.3 is 19.6 Å². The SMILES string of the molecule is CC(C)=NOc1cc(Oc2ccc(CNC(=O)OC(C)(C)C)cc2)ccc1C#N. The topological polar surface area (TPSA) is 92.9 Å². The fourth-order valence-electron chi connectivity index (χ4n) is 2.17. The Labute approximate surface area is 170 Å². The molecule has 2 rings (SSSR count). The molecule has 0 saturated heterocycles. The van der Waals surface area contributed by atoms with E-state index in [1.165, 1.54) is 0 Å². The highest BCUT2D eigenvalue weighted by Gasteiger charge is 2.15. The van der Waals surface area contributed by atoms with E-state index in [0.29, 0.717) is 29.4 Å². The van der Waals surface area contributed by atoms with Crippen LogP contribution in [0.2, 0.25) is 0 Å². The van der Waals surface area contributed by atoms with Crippen molar-refractivity contribution in [2.45, 2.75) is 46.8 Å². The molecule has 2 aromatic rings. The van der Waals surface area contributed by atoms with Crippen molar-refractivity contribution in [3.8, 4) is 23.3 Å². The molecule has 29 heavy (non-hydrogen) atoms. The average Bonchev–Trinajstić information content (AvgIpc) is 2.64. The number of ether oxygens (including phenoxy) is 2. The molecule has 0 fully saturated rings. The predicted octanol–water partition coefficient (Wildman–Crippen LogP) is 5.15. The molecule has 0 heterocycles. The minimum absolute atomic E-state index is 0.324. The Morgan fingerprint density at radius 3 is 2.34 bits per heavy atom. The van der Waals surface area contributed by atoms with Crippen molar-refractivity contribution in [2.24, 2.45) is 5.16 Å². The molecule has 0 aliphatic heterocycles. The van der Waals surface area contributed by atoms with Gasteiger partial charge in [-0.3, -0.25) is 0 Å². The summed E-state index contributed by atoms with van der Waals surface area (Å²) in [4.78, 5) is 17.0. The van der Waals surface area contributed by atoms with E-state index in [2.05, 4.69) is 16.5 Å². The molecule has 0 aromatic heterocycles. The van der Waals surface area contributed by atoms with Gasteiger partial charge >= 0.3 is 6.09 Å². The van der Waals surface area contributed by atoms with Crippen molar-refractivity contribution in [1.29, 1.82) is 5.26 Å². The molecule has 2 aromatic carbocycles. The maximum absolute atomic E-state index is 11.7. The van der Waals surface area contributed by atoms with Gasteiger partial charge in [0.15, 0.2) is 5.75 Å². The Kier molecular flexibility index (Phi) is 7.21. The normalized spacial score (nSPS) is 10.5. The van der Waals surface area contributed by atoms with Crippen LogP contribution < -0.4 is 14.9 Å². The van der Waals surface area contributed by atoms with Crippen LogP contribution >= 0.6 is 0 Å². The van der Waals surface area contributed by atoms with Crippen LogP contribution in [0.15, 0.2) is 47.6 Å². The van der Waals surface area contributed by atoms with Gasteiger partial charge in [0.25, 0.3) is 0 Å². The standard InChI is InChI=1S/C22H25N3O4/c1-15(2)25-29-20-12-19(11-8-17(20)13-23)27-18-9-6-16(7-10-18)14-24-21(26)28-22(3,4)5/h6-12H,14H2,1-5H3,(H,24,26). The number of nitriles is 1. The number of carbonyl (C=O) groups excluding carboxylic acids is 1. The molecule has 0 unspecified atom stereocenters. The number of nitrogens with one attached hydrogen (secondary N) is 1. The van der Waals surface area contributed by atoms with Gasteiger partial charge in [0.2, 0.25) is 0 Å². The summed E-state index contributed by atoms with van der Waals surface area (Å²) >= 11 is 0. The maximum Gasteiger partial charge on any atom is 0.407 e. The largest absolute Gasteiger partial charge is 0.457 e. The van der Waals surface area contributed by atoms with Gasteiger partial charge in [0, 0.05) is 12.6 Å². The van der Waals surface area contributed by atoms with E-state index in [9.17, 15) is 10.1 Å². The number of alkyl carbamates (subject to hydrolysis) is 1. The maximum atomic E-state index is 11.7. The lowest BCUT2D eigenvalue weighted by Gasteiger charge is -2.19. The molecular weight excluding hydrogens is 370 g/mol. The molecule has 0 atom stereocenters. The van der Waals surface area contributed by atoms with Crippen molar-refractivity contribution < 1.29 is 19.1 Å². The average molecular weight is 395 g/mol. The first-order valence-electron chi connectivity index (χ1n) is 9.12. The van der Waals surface area contributed by atoms with Crippen molar-refractivity contribution in [3.63, 3.8) is 0 Å². The van der Waals surface area contributed by atoms with E-state index in [4.69, 9.17) is 14.3 Å². The lowest BCUT2D eigenvalue weighted by atomic mass is 10.2. The number of hydrogen-bond donors (Lipinski definition) is 1. The van der Waals surface area contributed by atoms with E-state index in [-0.39, 0.29) is 0 Å². The van der Waals surface area contributed by atoms with Crippen LogP contribution in [0.25, 0.3) is 0 Å². The molecule has 7 heteroatoms. The minimum atomic E-state index is -0.535. The third-order valence-corrected chi connectivity index (χ3v) is 3.39. The number of carbonyl (C=O) groups is 1. The van der Waals surface area contributed by atoms with E-state index < -0.39 is 11.7 Å². The first-order valence-corrected chi connectivity index (χ1v) is 9.12. The third-order valence-electron chi connectivity index (χ3n) is 3.39. The molecule has 0 aliphatic carbocycles. The summed E-state index contributed by atoms with van der Waals surface area (Å²) in [6.45, 7) is 9.38. The Morgan fingerprint density at radius 1 is 1.10 bits per heavy atom. The molecule has 7 nitrogen and oxygen atoms in total.